The van der Waals surface area contributed by atoms with E-state index in [0.717, 1.165) is 3.57 Å². The van der Waals surface area contributed by atoms with Crippen LogP contribution in [0.5, 0.6) is 5.75 Å². The highest BCUT2D eigenvalue weighted by Gasteiger charge is 2.15. The van der Waals surface area contributed by atoms with Crippen molar-refractivity contribution in [1.82, 2.24) is 0 Å². The molecule has 0 atom stereocenters. The summed E-state index contributed by atoms with van der Waals surface area (Å²) in [6.45, 7) is 0. The number of nitrogens with zero attached hydrogens (tertiary/aromatic N) is 1. The van der Waals surface area contributed by atoms with Crippen LogP contribution in [0, 0.1) is 14.9 Å². The molecular formula is C9H7IN2O2. The number of rotatable bonds is 2. The highest BCUT2D eigenvalue weighted by molar-refractivity contribution is 14.1. The summed E-state index contributed by atoms with van der Waals surface area (Å²) in [6, 6.07) is 5.11. The SMILES string of the molecule is COc1c(I)ccc(C(N)=O)c1C#N. The summed E-state index contributed by atoms with van der Waals surface area (Å²) in [5, 5.41) is 8.86. The molecule has 5 heteroatoms. The van der Waals surface area contributed by atoms with Gasteiger partial charge in [0, 0.05) is 0 Å². The average molecular weight is 302 g/mol. The van der Waals surface area contributed by atoms with Crippen molar-refractivity contribution in [2.24, 2.45) is 5.73 Å². The number of nitrogens with two attached hydrogens (primary N) is 1. The van der Waals surface area contributed by atoms with Gasteiger partial charge in [-0.05, 0) is 34.7 Å². The fourth-order valence-electron chi connectivity index (χ4n) is 1.07. The lowest BCUT2D eigenvalue weighted by atomic mass is 10.1. The first kappa shape index (κ1) is 10.8. The Bertz CT molecular complexity index is 424. The predicted octanol–water partition coefficient (Wildman–Crippen LogP) is 1.27. The van der Waals surface area contributed by atoms with Gasteiger partial charge in [0.05, 0.1) is 16.2 Å². The molecule has 0 aliphatic rings. The van der Waals surface area contributed by atoms with Crippen LogP contribution in [0.3, 0.4) is 0 Å². The zero-order valence-corrected chi connectivity index (χ0v) is 9.53. The zero-order chi connectivity index (χ0) is 10.7. The molecule has 1 aromatic rings. The van der Waals surface area contributed by atoms with Gasteiger partial charge in [-0.2, -0.15) is 5.26 Å². The Hall–Kier alpha value is -1.29. The summed E-state index contributed by atoms with van der Waals surface area (Å²) in [6.07, 6.45) is 0. The molecule has 1 amide bonds. The standard InChI is InChI=1S/C9H7IN2O2/c1-14-8-6(4-11)5(9(12)13)2-3-7(8)10/h2-3H,1H3,(H2,12,13). The molecule has 4 nitrogen and oxygen atoms in total. The van der Waals surface area contributed by atoms with Crippen LogP contribution in [0.4, 0.5) is 0 Å². The number of hydrogen-bond acceptors (Lipinski definition) is 3. The Labute approximate surface area is 94.8 Å². The van der Waals surface area contributed by atoms with Crippen LogP contribution in [0.25, 0.3) is 0 Å². The summed E-state index contributed by atoms with van der Waals surface area (Å²) < 4.78 is 5.79. The van der Waals surface area contributed by atoms with E-state index < -0.39 is 5.91 Å². The normalized spacial score (nSPS) is 9.21. The molecular weight excluding hydrogens is 295 g/mol. The molecule has 2 N–H and O–H groups in total. The number of amides is 1. The molecule has 1 rings (SSSR count). The molecule has 72 valence electrons. The molecule has 0 aromatic heterocycles. The maximum Gasteiger partial charge on any atom is 0.250 e. The van der Waals surface area contributed by atoms with Crippen molar-refractivity contribution in [1.29, 1.82) is 5.26 Å². The van der Waals surface area contributed by atoms with Gasteiger partial charge in [0.1, 0.15) is 11.6 Å². The maximum absolute atomic E-state index is 11.0. The fourth-order valence-corrected chi connectivity index (χ4v) is 1.74. The van der Waals surface area contributed by atoms with Crippen molar-refractivity contribution < 1.29 is 9.53 Å². The van der Waals surface area contributed by atoms with Gasteiger partial charge in [0.25, 0.3) is 0 Å². The molecule has 0 unspecified atom stereocenters. The van der Waals surface area contributed by atoms with Crippen LogP contribution >= 0.6 is 22.6 Å². The van der Waals surface area contributed by atoms with E-state index in [0.29, 0.717) is 5.75 Å². The molecule has 0 aliphatic carbocycles. The molecule has 0 fully saturated rings. The van der Waals surface area contributed by atoms with Gasteiger partial charge in [-0.15, -0.1) is 0 Å². The lowest BCUT2D eigenvalue weighted by Gasteiger charge is -2.07. The molecule has 0 radical (unpaired) electrons. The van der Waals surface area contributed by atoms with E-state index in [2.05, 4.69) is 0 Å². The second kappa shape index (κ2) is 4.28. The summed E-state index contributed by atoms with van der Waals surface area (Å²) in [4.78, 5) is 11.0. The van der Waals surface area contributed by atoms with Crippen molar-refractivity contribution >= 4 is 28.5 Å². The van der Waals surface area contributed by atoms with E-state index in [4.69, 9.17) is 15.7 Å². The third-order valence-corrected chi connectivity index (χ3v) is 2.54. The number of benzene rings is 1. The molecule has 0 saturated carbocycles. The number of nitriles is 1. The largest absolute Gasteiger partial charge is 0.494 e. The van der Waals surface area contributed by atoms with Crippen LogP contribution in [-0.4, -0.2) is 13.0 Å². The second-order valence-corrected chi connectivity index (χ2v) is 3.64. The number of carbonyl (C=O) groups is 1. The van der Waals surface area contributed by atoms with E-state index >= 15 is 0 Å². The van der Waals surface area contributed by atoms with Gasteiger partial charge in [-0.3, -0.25) is 4.79 Å². The van der Waals surface area contributed by atoms with Crippen molar-refractivity contribution in [3.05, 3.63) is 26.8 Å². The Morgan fingerprint density at radius 1 is 1.64 bits per heavy atom. The maximum atomic E-state index is 11.0. The van der Waals surface area contributed by atoms with Gasteiger partial charge >= 0.3 is 0 Å². The van der Waals surface area contributed by atoms with Crippen molar-refractivity contribution in [3.8, 4) is 11.8 Å². The number of methoxy groups -OCH3 is 1. The smallest absolute Gasteiger partial charge is 0.250 e. The average Bonchev–Trinajstić information content (AvgIpc) is 2.16. The first-order valence-electron chi connectivity index (χ1n) is 3.68. The van der Waals surface area contributed by atoms with Crippen molar-refractivity contribution in [2.45, 2.75) is 0 Å². The Morgan fingerprint density at radius 3 is 2.71 bits per heavy atom. The van der Waals surface area contributed by atoms with Crippen LogP contribution in [0.15, 0.2) is 12.1 Å². The summed E-state index contributed by atoms with van der Waals surface area (Å²) in [5.74, 6) is -0.236. The highest BCUT2D eigenvalue weighted by Crippen LogP contribution is 2.27. The van der Waals surface area contributed by atoms with Gasteiger partial charge in [0.2, 0.25) is 5.91 Å². The summed E-state index contributed by atoms with van der Waals surface area (Å²) in [5.41, 5.74) is 5.49. The van der Waals surface area contributed by atoms with Crippen LogP contribution in [0.2, 0.25) is 0 Å². The minimum absolute atomic E-state index is 0.185. The molecule has 0 spiro atoms. The van der Waals surface area contributed by atoms with E-state index in [1.165, 1.54) is 13.2 Å². The van der Waals surface area contributed by atoms with Gasteiger partial charge in [-0.25, -0.2) is 0 Å². The van der Waals surface area contributed by atoms with Crippen LogP contribution in [0.1, 0.15) is 15.9 Å². The molecule has 0 saturated heterocycles. The lowest BCUT2D eigenvalue weighted by molar-refractivity contribution is 0.0999. The van der Waals surface area contributed by atoms with E-state index in [1.807, 2.05) is 28.7 Å². The Kier molecular flexibility index (Phi) is 3.30. The molecule has 1 aromatic carbocycles. The second-order valence-electron chi connectivity index (χ2n) is 2.48. The summed E-state index contributed by atoms with van der Waals surface area (Å²) >= 11 is 2.02. The minimum Gasteiger partial charge on any atom is -0.494 e. The summed E-state index contributed by atoms with van der Waals surface area (Å²) in [7, 11) is 1.45. The van der Waals surface area contributed by atoms with E-state index in [1.54, 1.807) is 6.07 Å². The molecule has 0 aliphatic heterocycles. The van der Waals surface area contributed by atoms with E-state index in [9.17, 15) is 4.79 Å². The van der Waals surface area contributed by atoms with Crippen molar-refractivity contribution in [3.63, 3.8) is 0 Å². The number of ether oxygens (including phenoxy) is 1. The number of halogens is 1. The molecule has 0 heterocycles. The topological polar surface area (TPSA) is 76.1 Å². The van der Waals surface area contributed by atoms with Crippen molar-refractivity contribution in [2.75, 3.05) is 7.11 Å². The first-order valence-corrected chi connectivity index (χ1v) is 4.76. The van der Waals surface area contributed by atoms with Crippen LogP contribution in [-0.2, 0) is 0 Å². The number of hydrogen-bond donors (Lipinski definition) is 1. The monoisotopic (exact) mass is 302 g/mol. The third kappa shape index (κ3) is 1.80. The fraction of sp³-hybridized carbons (Fsp3) is 0.111. The Morgan fingerprint density at radius 2 is 2.29 bits per heavy atom. The third-order valence-electron chi connectivity index (χ3n) is 1.69. The van der Waals surface area contributed by atoms with Gasteiger partial charge in [-0.1, -0.05) is 0 Å². The van der Waals surface area contributed by atoms with Crippen LogP contribution < -0.4 is 10.5 Å². The van der Waals surface area contributed by atoms with Gasteiger partial charge < -0.3 is 10.5 Å². The lowest BCUT2D eigenvalue weighted by Crippen LogP contribution is -2.13. The highest BCUT2D eigenvalue weighted by atomic mass is 127. The minimum atomic E-state index is -0.628. The first-order chi connectivity index (χ1) is 6.61. The number of primary amides is 1. The predicted molar refractivity (Wildman–Crippen MR) is 58.9 cm³/mol. The van der Waals surface area contributed by atoms with Gasteiger partial charge in [0.15, 0.2) is 5.75 Å². The molecule has 14 heavy (non-hydrogen) atoms. The quantitative estimate of drug-likeness (QED) is 0.836. The Balaban J connectivity index is 3.50. The molecule has 0 bridgehead atoms. The number of carbonyl (C=O) groups excluding carboxylic acids is 1. The van der Waals surface area contributed by atoms with E-state index in [-0.39, 0.29) is 11.1 Å². The zero-order valence-electron chi connectivity index (χ0n) is 7.37.